The van der Waals surface area contributed by atoms with Gasteiger partial charge in [0.05, 0.1) is 30.4 Å². The quantitative estimate of drug-likeness (QED) is 0.338. The third-order valence-corrected chi connectivity index (χ3v) is 6.39. The van der Waals surface area contributed by atoms with E-state index in [1.807, 2.05) is 74.5 Å². The first-order valence-electron chi connectivity index (χ1n) is 12.0. The molecule has 0 saturated carbocycles. The average Bonchev–Trinajstić information content (AvgIpc) is 2.93. The molecular formula is C29H25N7O2. The maximum atomic E-state index is 14.3. The van der Waals surface area contributed by atoms with E-state index in [1.54, 1.807) is 17.9 Å². The summed E-state index contributed by atoms with van der Waals surface area (Å²) in [5, 5.41) is 14.1. The van der Waals surface area contributed by atoms with Crippen LogP contribution in [0, 0.1) is 18.3 Å². The van der Waals surface area contributed by atoms with Gasteiger partial charge in [0.15, 0.2) is 0 Å². The molecule has 188 valence electrons. The fourth-order valence-corrected chi connectivity index (χ4v) is 4.52. The number of rotatable bonds is 6. The molecule has 0 saturated heterocycles. The van der Waals surface area contributed by atoms with Gasteiger partial charge in [-0.3, -0.25) is 14.3 Å². The minimum atomic E-state index is -0.418. The van der Waals surface area contributed by atoms with Crippen molar-refractivity contribution in [2.45, 2.75) is 19.9 Å². The molecule has 38 heavy (non-hydrogen) atoms. The summed E-state index contributed by atoms with van der Waals surface area (Å²) >= 11 is 0. The molecule has 3 heterocycles. The lowest BCUT2D eigenvalue weighted by molar-refractivity contribution is 0.409. The maximum Gasteiger partial charge on any atom is 0.263 e. The molecule has 0 fully saturated rings. The third-order valence-electron chi connectivity index (χ3n) is 6.39. The Bertz CT molecular complexity index is 1760. The number of nitrogens with zero attached hydrogens (tertiary/aromatic N) is 5. The van der Waals surface area contributed by atoms with Gasteiger partial charge in [-0.15, -0.1) is 0 Å². The highest BCUT2D eigenvalue weighted by Crippen LogP contribution is 2.32. The molecule has 0 unspecified atom stereocenters. The van der Waals surface area contributed by atoms with Gasteiger partial charge in [-0.2, -0.15) is 10.2 Å². The van der Waals surface area contributed by atoms with E-state index in [0.717, 1.165) is 22.2 Å². The number of anilines is 2. The highest BCUT2D eigenvalue weighted by Gasteiger charge is 2.20. The van der Waals surface area contributed by atoms with Gasteiger partial charge in [0.25, 0.3) is 5.56 Å². The minimum Gasteiger partial charge on any atom is -0.495 e. The first kappa shape index (κ1) is 24.5. The van der Waals surface area contributed by atoms with Gasteiger partial charge in [0, 0.05) is 23.1 Å². The van der Waals surface area contributed by atoms with Crippen molar-refractivity contribution in [1.82, 2.24) is 19.5 Å². The van der Waals surface area contributed by atoms with E-state index in [0.29, 0.717) is 28.3 Å². The second kappa shape index (κ2) is 10.0. The standard InChI is InChI=1S/C29H25N7O2/c1-17(34-27-21(14-30)16-33-29(31)35-27)24-12-19-8-7-11-23(20-13-25(38-3)18(2)32-15-20)26(19)28(37)36(24)22-9-5-4-6-10-22/h4-13,15-17H,1-3H3,(H3,31,33,34,35)/t17-/m0/s1. The number of para-hydroxylation sites is 1. The number of nitrogens with two attached hydrogens (primary N) is 1. The average molecular weight is 504 g/mol. The lowest BCUT2D eigenvalue weighted by Gasteiger charge is -2.22. The van der Waals surface area contributed by atoms with Gasteiger partial charge in [-0.1, -0.05) is 36.4 Å². The van der Waals surface area contributed by atoms with Crippen LogP contribution in [0.2, 0.25) is 0 Å². The number of nitrogens with one attached hydrogen (secondary N) is 1. The topological polar surface area (TPSA) is 132 Å². The van der Waals surface area contributed by atoms with Gasteiger partial charge < -0.3 is 15.8 Å². The Morgan fingerprint density at radius 2 is 1.87 bits per heavy atom. The van der Waals surface area contributed by atoms with E-state index >= 15 is 0 Å². The zero-order chi connectivity index (χ0) is 26.8. The van der Waals surface area contributed by atoms with E-state index in [4.69, 9.17) is 10.5 Å². The normalized spacial score (nSPS) is 11.6. The zero-order valence-electron chi connectivity index (χ0n) is 21.1. The molecule has 0 amide bonds. The van der Waals surface area contributed by atoms with Gasteiger partial charge in [0.2, 0.25) is 5.95 Å². The minimum absolute atomic E-state index is 0.0458. The van der Waals surface area contributed by atoms with Crippen LogP contribution in [0.3, 0.4) is 0 Å². The Labute approximate surface area is 219 Å². The number of aromatic nitrogens is 4. The van der Waals surface area contributed by atoms with E-state index < -0.39 is 6.04 Å². The third kappa shape index (κ3) is 4.40. The largest absolute Gasteiger partial charge is 0.495 e. The van der Waals surface area contributed by atoms with Crippen molar-refractivity contribution in [3.63, 3.8) is 0 Å². The van der Waals surface area contributed by atoms with Crippen LogP contribution in [0.25, 0.3) is 27.6 Å². The predicted molar refractivity (Wildman–Crippen MR) is 147 cm³/mol. The molecule has 9 nitrogen and oxygen atoms in total. The lowest BCUT2D eigenvalue weighted by atomic mass is 9.98. The molecule has 0 aliphatic rings. The van der Waals surface area contributed by atoms with Crippen molar-refractivity contribution in [2.75, 3.05) is 18.2 Å². The first-order valence-corrected chi connectivity index (χ1v) is 12.0. The Morgan fingerprint density at radius 3 is 2.61 bits per heavy atom. The van der Waals surface area contributed by atoms with Gasteiger partial charge >= 0.3 is 0 Å². The zero-order valence-corrected chi connectivity index (χ0v) is 21.1. The number of nitrogen functional groups attached to an aromatic ring is 1. The molecule has 0 aliphatic carbocycles. The number of benzene rings is 2. The molecule has 5 aromatic rings. The Hall–Kier alpha value is -5.23. The number of nitriles is 1. The number of pyridine rings is 2. The van der Waals surface area contributed by atoms with Crippen molar-refractivity contribution < 1.29 is 4.74 Å². The summed E-state index contributed by atoms with van der Waals surface area (Å²) < 4.78 is 7.16. The van der Waals surface area contributed by atoms with Gasteiger partial charge in [0.1, 0.15) is 23.2 Å². The van der Waals surface area contributed by atoms with E-state index in [9.17, 15) is 10.1 Å². The SMILES string of the molecule is COc1cc(-c2cccc3cc([C@H](C)Nc4nc(N)ncc4C#N)n(-c4ccccc4)c(=O)c23)cnc1C. The lowest BCUT2D eigenvalue weighted by Crippen LogP contribution is -2.26. The summed E-state index contributed by atoms with van der Waals surface area (Å²) in [5.74, 6) is 0.991. The molecule has 3 N–H and O–H groups in total. The number of ether oxygens (including phenoxy) is 1. The fourth-order valence-electron chi connectivity index (χ4n) is 4.52. The molecule has 5 rings (SSSR count). The monoisotopic (exact) mass is 503 g/mol. The highest BCUT2D eigenvalue weighted by atomic mass is 16.5. The van der Waals surface area contributed by atoms with Crippen LogP contribution < -0.4 is 21.3 Å². The van der Waals surface area contributed by atoms with E-state index in [2.05, 4.69) is 26.3 Å². The van der Waals surface area contributed by atoms with Gasteiger partial charge in [-0.05, 0) is 49.1 Å². The summed E-state index contributed by atoms with van der Waals surface area (Å²) in [4.78, 5) is 26.9. The molecular weight excluding hydrogens is 478 g/mol. The van der Waals surface area contributed by atoms with Crippen LogP contribution in [0.1, 0.15) is 29.9 Å². The fraction of sp³-hybridized carbons (Fsp3) is 0.138. The van der Waals surface area contributed by atoms with E-state index in [-0.39, 0.29) is 17.1 Å². The molecule has 0 aliphatic heterocycles. The molecule has 3 aromatic heterocycles. The van der Waals surface area contributed by atoms with Crippen LogP contribution in [-0.4, -0.2) is 26.6 Å². The smallest absolute Gasteiger partial charge is 0.263 e. The summed E-state index contributed by atoms with van der Waals surface area (Å²) in [5.41, 5.74) is 9.54. The summed E-state index contributed by atoms with van der Waals surface area (Å²) in [6.07, 6.45) is 3.12. The van der Waals surface area contributed by atoms with Crippen molar-refractivity contribution in [3.8, 4) is 28.6 Å². The molecule has 2 aromatic carbocycles. The van der Waals surface area contributed by atoms with Crippen molar-refractivity contribution in [3.05, 3.63) is 100 Å². The van der Waals surface area contributed by atoms with Crippen LogP contribution in [-0.2, 0) is 0 Å². The highest BCUT2D eigenvalue weighted by molar-refractivity contribution is 5.96. The molecule has 1 atom stereocenters. The summed E-state index contributed by atoms with van der Waals surface area (Å²) in [7, 11) is 1.60. The van der Waals surface area contributed by atoms with Crippen LogP contribution >= 0.6 is 0 Å². The molecule has 9 heteroatoms. The molecule has 0 bridgehead atoms. The van der Waals surface area contributed by atoms with Crippen molar-refractivity contribution >= 4 is 22.5 Å². The first-order chi connectivity index (χ1) is 18.4. The number of hydrogen-bond donors (Lipinski definition) is 2. The summed E-state index contributed by atoms with van der Waals surface area (Å²) in [6.45, 7) is 3.77. The van der Waals surface area contributed by atoms with Gasteiger partial charge in [-0.25, -0.2) is 4.98 Å². The molecule has 0 spiro atoms. The second-order valence-corrected chi connectivity index (χ2v) is 8.80. The van der Waals surface area contributed by atoms with Crippen LogP contribution in [0.4, 0.5) is 11.8 Å². The number of aryl methyl sites for hydroxylation is 1. The van der Waals surface area contributed by atoms with Crippen molar-refractivity contribution in [2.24, 2.45) is 0 Å². The summed E-state index contributed by atoms with van der Waals surface area (Å²) in [6, 6.07) is 20.7. The maximum absolute atomic E-state index is 14.3. The molecule has 0 radical (unpaired) electrons. The number of fused-ring (bicyclic) bond motifs is 1. The van der Waals surface area contributed by atoms with Crippen molar-refractivity contribution in [1.29, 1.82) is 5.26 Å². The van der Waals surface area contributed by atoms with Crippen LogP contribution in [0.15, 0.2) is 77.9 Å². The second-order valence-electron chi connectivity index (χ2n) is 8.80. The number of methoxy groups -OCH3 is 1. The van der Waals surface area contributed by atoms with E-state index in [1.165, 1.54) is 6.20 Å². The predicted octanol–water partition coefficient (Wildman–Crippen LogP) is 4.79. The number of hydrogen-bond acceptors (Lipinski definition) is 8. The Morgan fingerprint density at radius 1 is 1.08 bits per heavy atom. The Kier molecular flexibility index (Phi) is 6.46. The van der Waals surface area contributed by atoms with Crippen LogP contribution in [0.5, 0.6) is 5.75 Å². The Balaban J connectivity index is 1.75.